The van der Waals surface area contributed by atoms with Crippen LogP contribution in [0.2, 0.25) is 0 Å². The molecule has 2 aromatic rings. The number of pyridine rings is 1. The average Bonchev–Trinajstić information content (AvgIpc) is 3.46. The number of carbonyl (C=O) groups is 2. The smallest absolute Gasteiger partial charge is 0.259 e. The van der Waals surface area contributed by atoms with Crippen molar-refractivity contribution in [1.82, 2.24) is 24.9 Å². The van der Waals surface area contributed by atoms with Crippen molar-refractivity contribution in [2.45, 2.75) is 44.7 Å². The van der Waals surface area contributed by atoms with Crippen LogP contribution in [0.5, 0.6) is 5.88 Å². The first-order valence-electron chi connectivity index (χ1n) is 9.48. The van der Waals surface area contributed by atoms with E-state index in [0.29, 0.717) is 42.2 Å². The van der Waals surface area contributed by atoms with Crippen LogP contribution in [0.1, 0.15) is 57.9 Å². The van der Waals surface area contributed by atoms with Crippen LogP contribution in [0.15, 0.2) is 17.0 Å². The summed E-state index contributed by atoms with van der Waals surface area (Å²) in [6.45, 7) is 0.887. The first-order valence-corrected chi connectivity index (χ1v) is 9.48. The minimum absolute atomic E-state index is 0.0412. The molecule has 2 aliphatic rings. The van der Waals surface area contributed by atoms with Crippen molar-refractivity contribution in [1.29, 1.82) is 0 Å². The summed E-state index contributed by atoms with van der Waals surface area (Å²) in [4.78, 5) is 37.7. The summed E-state index contributed by atoms with van der Waals surface area (Å²) in [5.41, 5.74) is 1.47. The molecule has 2 amide bonds. The molecule has 0 atom stereocenters. The van der Waals surface area contributed by atoms with Crippen molar-refractivity contribution in [2.75, 3.05) is 20.7 Å². The molecule has 1 saturated carbocycles. The minimum Gasteiger partial charge on any atom is -0.480 e. The Morgan fingerprint density at radius 3 is 2.86 bits per heavy atom. The molecular formula is C19H23N5O4. The van der Waals surface area contributed by atoms with E-state index < -0.39 is 0 Å². The second-order valence-electron chi connectivity index (χ2n) is 7.23. The van der Waals surface area contributed by atoms with Crippen molar-refractivity contribution >= 4 is 11.8 Å². The van der Waals surface area contributed by atoms with E-state index in [-0.39, 0.29) is 23.7 Å². The molecule has 9 heteroatoms. The normalized spacial score (nSPS) is 16.5. The molecule has 28 heavy (non-hydrogen) atoms. The molecule has 2 aromatic heterocycles. The molecule has 0 aromatic carbocycles. The van der Waals surface area contributed by atoms with E-state index in [1.807, 2.05) is 4.90 Å². The molecule has 0 unspecified atom stereocenters. The number of hydrogen-bond acceptors (Lipinski definition) is 7. The van der Waals surface area contributed by atoms with Gasteiger partial charge in [-0.2, -0.15) is 4.98 Å². The van der Waals surface area contributed by atoms with Gasteiger partial charge in [-0.05, 0) is 18.9 Å². The number of hydrogen-bond donors (Lipinski definition) is 0. The van der Waals surface area contributed by atoms with Gasteiger partial charge in [0.2, 0.25) is 12.3 Å². The molecule has 4 rings (SSSR count). The van der Waals surface area contributed by atoms with Gasteiger partial charge in [0.15, 0.2) is 5.82 Å². The predicted molar refractivity (Wildman–Crippen MR) is 97.9 cm³/mol. The number of ether oxygens (including phenoxy) is 1. The number of likely N-dealkylation sites (N-methyl/N-ethyl adjacent to an activating group) is 1. The van der Waals surface area contributed by atoms with Gasteiger partial charge in [0.25, 0.3) is 11.8 Å². The summed E-state index contributed by atoms with van der Waals surface area (Å²) in [6, 6.07) is 1.90. The van der Waals surface area contributed by atoms with Crippen LogP contribution in [0.4, 0.5) is 0 Å². The number of aromatic nitrogens is 3. The Bertz CT molecular complexity index is 877. The van der Waals surface area contributed by atoms with Crippen LogP contribution in [-0.2, 0) is 13.0 Å². The summed E-state index contributed by atoms with van der Waals surface area (Å²) in [6.07, 6.45) is 6.08. The number of carbonyl (C=O) groups excluding carboxylic acids is 2. The van der Waals surface area contributed by atoms with E-state index in [4.69, 9.17) is 9.26 Å². The van der Waals surface area contributed by atoms with E-state index in [1.54, 1.807) is 13.1 Å². The summed E-state index contributed by atoms with van der Waals surface area (Å²) in [7, 11) is 3.16. The van der Waals surface area contributed by atoms with Crippen LogP contribution in [0.25, 0.3) is 0 Å². The second-order valence-corrected chi connectivity index (χ2v) is 7.23. The number of fused-ring (bicyclic) bond motifs is 1. The Labute approximate surface area is 162 Å². The van der Waals surface area contributed by atoms with Crippen LogP contribution in [-0.4, -0.2) is 63.5 Å². The Kier molecular flexibility index (Phi) is 4.97. The molecule has 1 fully saturated rings. The Balaban J connectivity index is 1.54. The third kappa shape index (κ3) is 3.32. The van der Waals surface area contributed by atoms with Gasteiger partial charge in [-0.3, -0.25) is 9.59 Å². The van der Waals surface area contributed by atoms with Gasteiger partial charge in [0.1, 0.15) is 5.56 Å². The minimum atomic E-state index is -0.261. The lowest BCUT2D eigenvalue weighted by Gasteiger charge is -2.22. The average molecular weight is 385 g/mol. The molecule has 3 heterocycles. The number of amides is 2. The molecule has 0 N–H and O–H groups in total. The largest absolute Gasteiger partial charge is 0.480 e. The van der Waals surface area contributed by atoms with Gasteiger partial charge in [-0.25, -0.2) is 4.98 Å². The number of rotatable bonds is 6. The highest BCUT2D eigenvalue weighted by atomic mass is 16.5. The zero-order chi connectivity index (χ0) is 19.7. The first-order chi connectivity index (χ1) is 13.6. The van der Waals surface area contributed by atoms with Crippen LogP contribution in [0.3, 0.4) is 0 Å². The van der Waals surface area contributed by atoms with Crippen molar-refractivity contribution in [3.63, 3.8) is 0 Å². The molecular weight excluding hydrogens is 362 g/mol. The fourth-order valence-electron chi connectivity index (χ4n) is 3.92. The third-order valence-corrected chi connectivity index (χ3v) is 5.49. The zero-order valence-electron chi connectivity index (χ0n) is 16.1. The number of methoxy groups -OCH3 is 1. The van der Waals surface area contributed by atoms with Crippen LogP contribution in [0, 0.1) is 0 Å². The molecule has 0 saturated heterocycles. The fraction of sp³-hybridized carbons (Fsp3) is 0.526. The summed E-state index contributed by atoms with van der Waals surface area (Å²) in [5.74, 6) is 0.473. The van der Waals surface area contributed by atoms with Crippen molar-refractivity contribution in [3.8, 4) is 5.88 Å². The predicted octanol–water partition coefficient (Wildman–Crippen LogP) is 1.69. The molecule has 9 nitrogen and oxygen atoms in total. The summed E-state index contributed by atoms with van der Waals surface area (Å²) < 4.78 is 10.1. The highest BCUT2D eigenvalue weighted by Gasteiger charge is 2.36. The first kappa shape index (κ1) is 18.4. The van der Waals surface area contributed by atoms with E-state index in [0.717, 1.165) is 25.7 Å². The third-order valence-electron chi connectivity index (χ3n) is 5.49. The Morgan fingerprint density at radius 1 is 1.39 bits per heavy atom. The highest BCUT2D eigenvalue weighted by Crippen LogP contribution is 2.33. The van der Waals surface area contributed by atoms with Crippen molar-refractivity contribution < 1.29 is 18.8 Å². The highest BCUT2D eigenvalue weighted by molar-refractivity contribution is 6.03. The Morgan fingerprint density at radius 2 is 2.18 bits per heavy atom. The van der Waals surface area contributed by atoms with Gasteiger partial charge < -0.3 is 19.1 Å². The number of nitrogens with zero attached hydrogens (tertiary/aromatic N) is 5. The summed E-state index contributed by atoms with van der Waals surface area (Å²) >= 11 is 0. The molecule has 1 aliphatic heterocycles. The lowest BCUT2D eigenvalue weighted by atomic mass is 10.1. The van der Waals surface area contributed by atoms with Crippen LogP contribution >= 0.6 is 0 Å². The maximum atomic E-state index is 12.9. The zero-order valence-corrected chi connectivity index (χ0v) is 16.1. The van der Waals surface area contributed by atoms with E-state index in [2.05, 4.69) is 15.1 Å². The van der Waals surface area contributed by atoms with Gasteiger partial charge in [-0.1, -0.05) is 18.0 Å². The molecule has 1 aliphatic carbocycles. The Hall–Kier alpha value is -2.97. The maximum absolute atomic E-state index is 12.9. The molecule has 148 valence electrons. The summed E-state index contributed by atoms with van der Waals surface area (Å²) in [5, 5.41) is 3.75. The van der Waals surface area contributed by atoms with E-state index >= 15 is 0 Å². The monoisotopic (exact) mass is 385 g/mol. The maximum Gasteiger partial charge on any atom is 0.259 e. The van der Waals surface area contributed by atoms with Crippen molar-refractivity contribution in [3.05, 3.63) is 35.1 Å². The van der Waals surface area contributed by atoms with Crippen LogP contribution < -0.4 is 4.74 Å². The van der Waals surface area contributed by atoms with Crippen molar-refractivity contribution in [2.24, 2.45) is 0 Å². The SMILES string of the molecule is COc1nc2c(cc1C(=O)N(C)CCc1ncon1)C(=O)N(C1CCCC1)C2. The lowest BCUT2D eigenvalue weighted by Crippen LogP contribution is -2.33. The molecule has 0 bridgehead atoms. The molecule has 0 radical (unpaired) electrons. The van der Waals surface area contributed by atoms with E-state index in [1.165, 1.54) is 18.4 Å². The quantitative estimate of drug-likeness (QED) is 0.745. The topological polar surface area (TPSA) is 102 Å². The lowest BCUT2D eigenvalue weighted by molar-refractivity contribution is 0.0706. The second kappa shape index (κ2) is 7.57. The van der Waals surface area contributed by atoms with Gasteiger partial charge in [0, 0.05) is 26.1 Å². The van der Waals surface area contributed by atoms with E-state index in [9.17, 15) is 9.59 Å². The standard InChI is InChI=1S/C19H23N5O4/c1-23(8-7-16-20-11-28-22-16)18(25)14-9-13-15(21-17(14)27-2)10-24(19(13)26)12-5-3-4-6-12/h9,11-12H,3-8,10H2,1-2H3. The molecule has 0 spiro atoms. The van der Waals surface area contributed by atoms with Gasteiger partial charge in [-0.15, -0.1) is 0 Å². The van der Waals surface area contributed by atoms with Gasteiger partial charge in [0.05, 0.1) is 24.9 Å². The fourth-order valence-corrected chi connectivity index (χ4v) is 3.92. The van der Waals surface area contributed by atoms with Gasteiger partial charge >= 0.3 is 0 Å².